The van der Waals surface area contributed by atoms with Crippen LogP contribution < -0.4 is 20.1 Å². The third kappa shape index (κ3) is 5.22. The Kier molecular flexibility index (Phi) is 6.62. The zero-order valence-corrected chi connectivity index (χ0v) is 18.5. The number of amides is 1. The molecule has 0 fully saturated rings. The van der Waals surface area contributed by atoms with Gasteiger partial charge in [0, 0.05) is 23.5 Å². The summed E-state index contributed by atoms with van der Waals surface area (Å²) in [5, 5.41) is 7.97. The quantitative estimate of drug-likeness (QED) is 0.316. The van der Waals surface area contributed by atoms with Crippen LogP contribution in [0.1, 0.15) is 13.3 Å². The van der Waals surface area contributed by atoms with Gasteiger partial charge < -0.3 is 20.1 Å². The second-order valence-corrected chi connectivity index (χ2v) is 7.69. The molecule has 2 heterocycles. The molecule has 0 radical (unpaired) electrons. The number of anilines is 3. The number of thiophene rings is 1. The summed E-state index contributed by atoms with van der Waals surface area (Å²) in [6.45, 7) is 1.97. The Morgan fingerprint density at radius 1 is 1.06 bits per heavy atom. The molecule has 7 nitrogen and oxygen atoms in total. The van der Waals surface area contributed by atoms with Crippen molar-refractivity contribution < 1.29 is 14.3 Å². The van der Waals surface area contributed by atoms with Gasteiger partial charge in [-0.1, -0.05) is 25.1 Å². The van der Waals surface area contributed by atoms with E-state index in [0.29, 0.717) is 23.3 Å². The fourth-order valence-electron chi connectivity index (χ4n) is 2.95. The van der Waals surface area contributed by atoms with Gasteiger partial charge in [0.05, 0.1) is 12.6 Å². The van der Waals surface area contributed by atoms with Crippen LogP contribution in [0.2, 0.25) is 0 Å². The highest BCUT2D eigenvalue weighted by molar-refractivity contribution is 7.17. The molecule has 2 N–H and O–H groups in total. The maximum absolute atomic E-state index is 12.0. The zero-order valence-electron chi connectivity index (χ0n) is 17.7. The highest BCUT2D eigenvalue weighted by Gasteiger charge is 2.12. The molecule has 0 bridgehead atoms. The smallest absolute Gasteiger partial charge is 0.248 e. The molecule has 8 heteroatoms. The summed E-state index contributed by atoms with van der Waals surface area (Å²) in [5.74, 6) is 1.95. The minimum absolute atomic E-state index is 0.184. The Hall–Kier alpha value is -3.91. The summed E-state index contributed by atoms with van der Waals surface area (Å²) in [6, 6.07) is 16.6. The first-order valence-corrected chi connectivity index (χ1v) is 10.9. The predicted octanol–water partition coefficient (Wildman–Crippen LogP) is 6.14. The number of rotatable bonds is 8. The van der Waals surface area contributed by atoms with Crippen LogP contribution in [0.3, 0.4) is 0 Å². The van der Waals surface area contributed by atoms with Gasteiger partial charge in [0.1, 0.15) is 16.2 Å². The number of allylic oxidation sites excluding steroid dienone is 1. The first-order valence-electron chi connectivity index (χ1n) is 10.1. The molecule has 32 heavy (non-hydrogen) atoms. The normalized spacial score (nSPS) is 10.9. The maximum atomic E-state index is 12.0. The van der Waals surface area contributed by atoms with E-state index >= 15 is 0 Å². The first kappa shape index (κ1) is 21.3. The summed E-state index contributed by atoms with van der Waals surface area (Å²) in [5.41, 5.74) is 2.22. The van der Waals surface area contributed by atoms with E-state index in [-0.39, 0.29) is 5.91 Å². The maximum Gasteiger partial charge on any atom is 0.248 e. The van der Waals surface area contributed by atoms with Gasteiger partial charge in [-0.25, -0.2) is 4.98 Å². The SMILES string of the molecule is CC/C=C/C(=O)Nc1cccc(Oc2nc(Nc3cccc(OC)c3)nc3ccsc23)c1. The van der Waals surface area contributed by atoms with Crippen LogP contribution in [0.25, 0.3) is 10.2 Å². The summed E-state index contributed by atoms with van der Waals surface area (Å²) in [7, 11) is 1.62. The number of hydrogen-bond donors (Lipinski definition) is 2. The van der Waals surface area contributed by atoms with Crippen LogP contribution >= 0.6 is 11.3 Å². The summed E-state index contributed by atoms with van der Waals surface area (Å²) < 4.78 is 12.2. The predicted molar refractivity (Wildman–Crippen MR) is 128 cm³/mol. The van der Waals surface area contributed by atoms with Crippen LogP contribution in [-0.2, 0) is 4.79 Å². The second kappa shape index (κ2) is 9.93. The Labute approximate surface area is 189 Å². The molecule has 4 aromatic rings. The number of hydrogen-bond acceptors (Lipinski definition) is 7. The fourth-order valence-corrected chi connectivity index (χ4v) is 3.70. The van der Waals surface area contributed by atoms with Gasteiger partial charge in [0.2, 0.25) is 17.7 Å². The van der Waals surface area contributed by atoms with Crippen molar-refractivity contribution in [3.05, 3.63) is 72.1 Å². The summed E-state index contributed by atoms with van der Waals surface area (Å²) >= 11 is 1.50. The third-order valence-electron chi connectivity index (χ3n) is 4.42. The minimum Gasteiger partial charge on any atom is -0.497 e. The van der Waals surface area contributed by atoms with Gasteiger partial charge in [0.25, 0.3) is 0 Å². The first-order chi connectivity index (χ1) is 15.6. The number of nitrogens with zero attached hydrogens (tertiary/aromatic N) is 2. The van der Waals surface area contributed by atoms with Crippen molar-refractivity contribution in [2.75, 3.05) is 17.7 Å². The third-order valence-corrected chi connectivity index (χ3v) is 5.31. The van der Waals surface area contributed by atoms with Crippen LogP contribution in [0.15, 0.2) is 72.1 Å². The Morgan fingerprint density at radius 2 is 1.84 bits per heavy atom. The molecule has 2 aromatic carbocycles. The van der Waals surface area contributed by atoms with E-state index < -0.39 is 0 Å². The summed E-state index contributed by atoms with van der Waals surface area (Å²) in [4.78, 5) is 21.1. The molecule has 162 valence electrons. The number of ether oxygens (including phenoxy) is 2. The molecule has 0 saturated carbocycles. The number of benzene rings is 2. The van der Waals surface area contributed by atoms with Crippen molar-refractivity contribution in [1.82, 2.24) is 9.97 Å². The average Bonchev–Trinajstić information content (AvgIpc) is 3.27. The van der Waals surface area contributed by atoms with Crippen molar-refractivity contribution in [3.63, 3.8) is 0 Å². The van der Waals surface area contributed by atoms with Gasteiger partial charge in [0.15, 0.2) is 0 Å². The van der Waals surface area contributed by atoms with Crippen LogP contribution in [-0.4, -0.2) is 23.0 Å². The lowest BCUT2D eigenvalue weighted by Gasteiger charge is -2.11. The van der Waals surface area contributed by atoms with E-state index in [4.69, 9.17) is 9.47 Å². The van der Waals surface area contributed by atoms with Gasteiger partial charge in [-0.2, -0.15) is 4.98 Å². The van der Waals surface area contributed by atoms with Crippen LogP contribution in [0.5, 0.6) is 17.4 Å². The molecule has 0 saturated heterocycles. The Bertz CT molecular complexity index is 1270. The van der Waals surface area contributed by atoms with Gasteiger partial charge in [-0.05, 0) is 48.2 Å². The topological polar surface area (TPSA) is 85.4 Å². The molecule has 0 unspecified atom stereocenters. The van der Waals surface area contributed by atoms with E-state index in [2.05, 4.69) is 20.6 Å². The fraction of sp³-hybridized carbons (Fsp3) is 0.125. The number of methoxy groups -OCH3 is 1. The van der Waals surface area contributed by atoms with Gasteiger partial charge >= 0.3 is 0 Å². The average molecular weight is 447 g/mol. The molecule has 4 rings (SSSR count). The van der Waals surface area contributed by atoms with E-state index in [9.17, 15) is 4.79 Å². The number of fused-ring (bicyclic) bond motifs is 1. The van der Waals surface area contributed by atoms with Gasteiger partial charge in [-0.15, -0.1) is 11.3 Å². The molecule has 0 atom stereocenters. The van der Waals surface area contributed by atoms with Gasteiger partial charge in [-0.3, -0.25) is 4.79 Å². The Balaban J connectivity index is 1.59. The standard InChI is InChI=1S/C24H22N4O3S/c1-3-4-11-21(29)25-16-7-6-10-19(15-16)31-23-22-20(12-13-32-22)27-24(28-23)26-17-8-5-9-18(14-17)30-2/h4-15H,3H2,1-2H3,(H,25,29)(H,26,27,28)/b11-4+. The highest BCUT2D eigenvalue weighted by Crippen LogP contribution is 2.34. The van der Waals surface area contributed by atoms with E-state index in [1.807, 2.05) is 54.8 Å². The molecule has 0 spiro atoms. The minimum atomic E-state index is -0.184. The van der Waals surface area contributed by atoms with E-state index in [1.165, 1.54) is 17.4 Å². The molecular formula is C24H22N4O3S. The molecule has 0 aliphatic rings. The summed E-state index contributed by atoms with van der Waals surface area (Å²) in [6.07, 6.45) is 4.12. The van der Waals surface area contributed by atoms with Crippen molar-refractivity contribution >= 4 is 44.8 Å². The molecule has 1 amide bonds. The molecule has 0 aliphatic heterocycles. The lowest BCUT2D eigenvalue weighted by molar-refractivity contribution is -0.111. The lowest BCUT2D eigenvalue weighted by Crippen LogP contribution is -2.07. The zero-order chi connectivity index (χ0) is 22.3. The van der Waals surface area contributed by atoms with Crippen molar-refractivity contribution in [3.8, 4) is 17.4 Å². The number of aromatic nitrogens is 2. The largest absolute Gasteiger partial charge is 0.497 e. The number of carbonyl (C=O) groups is 1. The monoisotopic (exact) mass is 446 g/mol. The van der Waals surface area contributed by atoms with E-state index in [0.717, 1.165) is 28.1 Å². The highest BCUT2D eigenvalue weighted by atomic mass is 32.1. The number of nitrogens with one attached hydrogen (secondary N) is 2. The lowest BCUT2D eigenvalue weighted by atomic mass is 10.3. The molecule has 2 aromatic heterocycles. The van der Waals surface area contributed by atoms with Crippen molar-refractivity contribution in [2.45, 2.75) is 13.3 Å². The van der Waals surface area contributed by atoms with E-state index in [1.54, 1.807) is 25.3 Å². The molecular weight excluding hydrogens is 424 g/mol. The van der Waals surface area contributed by atoms with Crippen molar-refractivity contribution in [1.29, 1.82) is 0 Å². The molecule has 0 aliphatic carbocycles. The van der Waals surface area contributed by atoms with Crippen LogP contribution in [0, 0.1) is 0 Å². The van der Waals surface area contributed by atoms with Crippen LogP contribution in [0.4, 0.5) is 17.3 Å². The Morgan fingerprint density at radius 3 is 2.66 bits per heavy atom. The van der Waals surface area contributed by atoms with Crippen molar-refractivity contribution in [2.24, 2.45) is 0 Å². The second-order valence-electron chi connectivity index (χ2n) is 6.77. The number of carbonyl (C=O) groups excluding carboxylic acids is 1.